The predicted molar refractivity (Wildman–Crippen MR) is 71.5 cm³/mol. The molecule has 0 bridgehead atoms. The lowest BCUT2D eigenvalue weighted by atomic mass is 10.1. The Kier molecular flexibility index (Phi) is 6.70. The highest BCUT2D eigenvalue weighted by atomic mass is 32.5. The van der Waals surface area contributed by atoms with Crippen LogP contribution in [0.4, 0.5) is 0 Å². The molecule has 0 aliphatic carbocycles. The molecule has 1 aliphatic heterocycles. The lowest BCUT2D eigenvalue weighted by molar-refractivity contribution is -0.0133. The molecule has 21 heavy (non-hydrogen) atoms. The van der Waals surface area contributed by atoms with Gasteiger partial charge in [0, 0.05) is 6.42 Å². The van der Waals surface area contributed by atoms with Gasteiger partial charge in [0.15, 0.2) is 0 Å². The van der Waals surface area contributed by atoms with Crippen LogP contribution in [0, 0.1) is 0 Å². The summed E-state index contributed by atoms with van der Waals surface area (Å²) in [4.78, 5) is 35.4. The van der Waals surface area contributed by atoms with Crippen LogP contribution in [-0.2, 0) is 38.8 Å². The molecule has 0 radical (unpaired) electrons. The third kappa shape index (κ3) is 7.71. The van der Waals surface area contributed by atoms with Crippen molar-refractivity contribution in [1.29, 1.82) is 0 Å². The molecule has 11 nitrogen and oxygen atoms in total. The van der Waals surface area contributed by atoms with Gasteiger partial charge in [0.05, 0.1) is 18.8 Å². The van der Waals surface area contributed by atoms with Gasteiger partial charge in [0.25, 0.3) is 0 Å². The highest BCUT2D eigenvalue weighted by molar-refractivity contribution is 8.08. The summed E-state index contributed by atoms with van der Waals surface area (Å²) in [6.07, 6.45) is -1.60. The van der Waals surface area contributed by atoms with E-state index in [0.717, 1.165) is 0 Å². The molecule has 1 aliphatic rings. The molecule has 0 aromatic heterocycles. The number of phosphoric acid groups is 2. The Hall–Kier alpha value is 0.750. The topological polar surface area (TPSA) is 172 Å². The number of rotatable bonds is 7. The lowest BCUT2D eigenvalue weighted by Gasteiger charge is -2.21. The van der Waals surface area contributed by atoms with Crippen LogP contribution in [-0.4, -0.2) is 49.6 Å². The van der Waals surface area contributed by atoms with E-state index < -0.39 is 41.2 Å². The SMILES string of the molecule is C[C@H]1CC(O)[C@@H](COP(O)(=S)OP(=O)(O)OP(=O)(O)O)O1. The van der Waals surface area contributed by atoms with E-state index in [2.05, 4.69) is 20.4 Å². The molecule has 126 valence electrons. The van der Waals surface area contributed by atoms with Gasteiger partial charge in [-0.2, -0.15) is 4.31 Å². The Morgan fingerprint density at radius 3 is 2.24 bits per heavy atom. The van der Waals surface area contributed by atoms with Crippen LogP contribution in [0.25, 0.3) is 0 Å². The van der Waals surface area contributed by atoms with Crippen LogP contribution in [0.15, 0.2) is 0 Å². The van der Waals surface area contributed by atoms with Crippen molar-refractivity contribution in [2.75, 3.05) is 6.61 Å². The van der Waals surface area contributed by atoms with E-state index >= 15 is 0 Å². The van der Waals surface area contributed by atoms with E-state index in [-0.39, 0.29) is 6.10 Å². The van der Waals surface area contributed by atoms with Crippen LogP contribution < -0.4 is 0 Å². The number of aliphatic hydroxyl groups excluding tert-OH is 1. The molecular formula is C6H15O11P3S. The van der Waals surface area contributed by atoms with Gasteiger partial charge in [-0.1, -0.05) is 0 Å². The van der Waals surface area contributed by atoms with Crippen molar-refractivity contribution in [2.24, 2.45) is 0 Å². The van der Waals surface area contributed by atoms with Crippen molar-refractivity contribution < 1.29 is 51.7 Å². The molecule has 1 rings (SSSR count). The Labute approximate surface area is 124 Å². The van der Waals surface area contributed by atoms with Crippen molar-refractivity contribution in [1.82, 2.24) is 0 Å². The molecule has 1 fully saturated rings. The number of hydrogen-bond acceptors (Lipinski definition) is 8. The highest BCUT2D eigenvalue weighted by Gasteiger charge is 2.39. The molecule has 0 aromatic rings. The van der Waals surface area contributed by atoms with E-state index in [4.69, 9.17) is 23.9 Å². The maximum atomic E-state index is 11.2. The second kappa shape index (κ2) is 7.11. The zero-order valence-corrected chi connectivity index (χ0v) is 14.1. The minimum absolute atomic E-state index is 0.243. The van der Waals surface area contributed by atoms with E-state index in [0.29, 0.717) is 6.42 Å². The average Bonchev–Trinajstić information content (AvgIpc) is 2.48. The predicted octanol–water partition coefficient (Wildman–Crippen LogP) is -0.0156. The van der Waals surface area contributed by atoms with Crippen molar-refractivity contribution in [3.8, 4) is 0 Å². The van der Waals surface area contributed by atoms with Crippen LogP contribution in [0.1, 0.15) is 13.3 Å². The van der Waals surface area contributed by atoms with Crippen LogP contribution in [0.5, 0.6) is 0 Å². The maximum absolute atomic E-state index is 11.2. The summed E-state index contributed by atoms with van der Waals surface area (Å²) >= 11 is 4.40. The van der Waals surface area contributed by atoms with Crippen LogP contribution in [0.2, 0.25) is 0 Å². The first kappa shape index (κ1) is 19.8. The first-order valence-electron chi connectivity index (χ1n) is 5.41. The monoisotopic (exact) mass is 388 g/mol. The minimum Gasteiger partial charge on any atom is -0.390 e. The Morgan fingerprint density at radius 1 is 1.24 bits per heavy atom. The van der Waals surface area contributed by atoms with Crippen LogP contribution >= 0.6 is 22.4 Å². The van der Waals surface area contributed by atoms with Gasteiger partial charge >= 0.3 is 22.4 Å². The van der Waals surface area contributed by atoms with Crippen molar-refractivity contribution in [3.05, 3.63) is 0 Å². The normalized spacial score (nSPS) is 32.6. The smallest absolute Gasteiger partial charge is 0.390 e. The largest absolute Gasteiger partial charge is 0.488 e. The third-order valence-electron chi connectivity index (χ3n) is 2.23. The molecule has 3 unspecified atom stereocenters. The lowest BCUT2D eigenvalue weighted by Crippen LogP contribution is -2.26. The van der Waals surface area contributed by atoms with E-state index in [9.17, 15) is 19.1 Å². The highest BCUT2D eigenvalue weighted by Crippen LogP contribution is 2.66. The van der Waals surface area contributed by atoms with Crippen molar-refractivity contribution in [3.63, 3.8) is 0 Å². The second-order valence-corrected chi connectivity index (χ2v) is 9.98. The molecule has 0 spiro atoms. The van der Waals surface area contributed by atoms with E-state index in [1.54, 1.807) is 6.92 Å². The molecule has 1 saturated heterocycles. The summed E-state index contributed by atoms with van der Waals surface area (Å²) in [5.41, 5.74) is 0. The van der Waals surface area contributed by atoms with E-state index in [1.807, 2.05) is 0 Å². The average molecular weight is 388 g/mol. The maximum Gasteiger partial charge on any atom is 0.488 e. The number of ether oxygens (including phenoxy) is 1. The second-order valence-electron chi connectivity index (χ2n) is 4.17. The van der Waals surface area contributed by atoms with Gasteiger partial charge in [0.2, 0.25) is 0 Å². The van der Waals surface area contributed by atoms with Gasteiger partial charge in [-0.05, 0) is 18.7 Å². The van der Waals surface area contributed by atoms with Gasteiger partial charge in [-0.25, -0.2) is 13.4 Å². The fourth-order valence-electron chi connectivity index (χ4n) is 1.56. The standard InChI is InChI=1S/C6H15O11P3S/c1-4-2-5(7)6(15-4)3-14-20(13,21)17-19(11,12)16-18(8,9)10/h4-7H,2-3H2,1H3,(H,11,12)(H,13,21)(H2,8,9,10)/t4-,5?,6+,20?/m0/s1. The summed E-state index contributed by atoms with van der Waals surface area (Å²) in [6, 6.07) is 0. The van der Waals surface area contributed by atoms with Crippen molar-refractivity contribution >= 4 is 34.2 Å². The van der Waals surface area contributed by atoms with Gasteiger partial charge < -0.3 is 33.9 Å². The number of aliphatic hydroxyl groups is 1. The molecule has 0 aromatic carbocycles. The molecular weight excluding hydrogens is 373 g/mol. The molecule has 5 N–H and O–H groups in total. The van der Waals surface area contributed by atoms with Crippen molar-refractivity contribution in [2.45, 2.75) is 31.7 Å². The quantitative estimate of drug-likeness (QED) is 0.370. The fraction of sp³-hybridized carbons (Fsp3) is 1.00. The summed E-state index contributed by atoms with van der Waals surface area (Å²) in [6.45, 7) is -3.07. The third-order valence-corrected chi connectivity index (χ3v) is 6.95. The summed E-state index contributed by atoms with van der Waals surface area (Å²) in [5.74, 6) is 0. The summed E-state index contributed by atoms with van der Waals surface area (Å²) in [5, 5.41) is 9.56. The molecule has 5 atom stereocenters. The zero-order chi connectivity index (χ0) is 16.5. The molecule has 0 saturated carbocycles. The summed E-state index contributed by atoms with van der Waals surface area (Å²) in [7, 11) is -10.6. The van der Waals surface area contributed by atoms with Crippen LogP contribution in [0.3, 0.4) is 0 Å². The Balaban J connectivity index is 2.56. The first-order valence-corrected chi connectivity index (χ1v) is 11.0. The number of hydrogen-bond donors (Lipinski definition) is 5. The molecule has 15 heteroatoms. The van der Waals surface area contributed by atoms with Gasteiger partial charge in [-0.15, -0.1) is 0 Å². The Morgan fingerprint density at radius 2 is 1.81 bits per heavy atom. The minimum atomic E-state index is -5.33. The van der Waals surface area contributed by atoms with Gasteiger partial charge in [-0.3, -0.25) is 0 Å². The zero-order valence-electron chi connectivity index (χ0n) is 10.6. The fourth-order valence-corrected chi connectivity index (χ4v) is 5.53. The first-order chi connectivity index (χ1) is 9.30. The van der Waals surface area contributed by atoms with Gasteiger partial charge in [0.1, 0.15) is 6.10 Å². The Bertz CT molecular complexity index is 504. The van der Waals surface area contributed by atoms with E-state index in [1.165, 1.54) is 0 Å². The molecule has 0 amide bonds. The molecule has 1 heterocycles. The summed E-state index contributed by atoms with van der Waals surface area (Å²) < 4.78 is 39.1.